The summed E-state index contributed by atoms with van der Waals surface area (Å²) in [6.07, 6.45) is 0.482. The van der Waals surface area contributed by atoms with E-state index in [-0.39, 0.29) is 13.1 Å². The second-order valence-electron chi connectivity index (χ2n) is 4.72. The Hall–Kier alpha value is -0.910. The largest absolute Gasteiger partial charge is 0.530 e. The van der Waals surface area contributed by atoms with Gasteiger partial charge < -0.3 is 14.8 Å². The topological polar surface area (TPSA) is 46.6 Å². The van der Waals surface area contributed by atoms with Gasteiger partial charge >= 0.3 is 0 Å². The smallest absolute Gasteiger partial charge is 0.272 e. The van der Waals surface area contributed by atoms with E-state index in [9.17, 15) is 18.7 Å². The minimum absolute atomic E-state index is 0.149. The SMILES string of the molecule is O=C([O-])N1CCC(CCN2CC(F)(F)C2)C1. The molecule has 1 amide bonds. The number of alkyl halides is 2. The molecular weight excluding hydrogens is 218 g/mol. The van der Waals surface area contributed by atoms with Crippen LogP contribution in [0.15, 0.2) is 0 Å². The van der Waals surface area contributed by atoms with Crippen LogP contribution in [0.25, 0.3) is 0 Å². The van der Waals surface area contributed by atoms with Crippen molar-refractivity contribution in [3.63, 3.8) is 0 Å². The van der Waals surface area contributed by atoms with Gasteiger partial charge in [-0.15, -0.1) is 0 Å². The van der Waals surface area contributed by atoms with Gasteiger partial charge in [0.1, 0.15) is 6.09 Å². The van der Waals surface area contributed by atoms with Crippen LogP contribution in [0, 0.1) is 5.92 Å². The molecule has 0 aliphatic carbocycles. The Kier molecular flexibility index (Phi) is 3.01. The molecule has 2 rings (SSSR count). The normalized spacial score (nSPS) is 29.1. The van der Waals surface area contributed by atoms with E-state index in [1.54, 1.807) is 4.90 Å². The van der Waals surface area contributed by atoms with Gasteiger partial charge in [0.25, 0.3) is 5.92 Å². The zero-order chi connectivity index (χ0) is 11.8. The van der Waals surface area contributed by atoms with Gasteiger partial charge in [-0.25, -0.2) is 8.78 Å². The molecule has 0 N–H and O–H groups in total. The van der Waals surface area contributed by atoms with Gasteiger partial charge in [0.05, 0.1) is 13.1 Å². The summed E-state index contributed by atoms with van der Waals surface area (Å²) in [6, 6.07) is 0. The fraction of sp³-hybridized carbons (Fsp3) is 0.900. The summed E-state index contributed by atoms with van der Waals surface area (Å²) < 4.78 is 25.0. The number of carboxylic acid groups (broad SMARTS) is 1. The van der Waals surface area contributed by atoms with E-state index < -0.39 is 12.0 Å². The highest BCUT2D eigenvalue weighted by Crippen LogP contribution is 2.28. The molecule has 16 heavy (non-hydrogen) atoms. The first kappa shape index (κ1) is 11.6. The molecule has 0 bridgehead atoms. The second kappa shape index (κ2) is 4.16. The molecule has 1 atom stereocenters. The highest BCUT2D eigenvalue weighted by Gasteiger charge is 2.43. The fourth-order valence-corrected chi connectivity index (χ4v) is 2.37. The average Bonchev–Trinajstić information content (AvgIpc) is 2.59. The molecule has 2 saturated heterocycles. The van der Waals surface area contributed by atoms with E-state index >= 15 is 0 Å². The number of likely N-dealkylation sites (tertiary alicyclic amines) is 2. The van der Waals surface area contributed by atoms with Gasteiger partial charge in [-0.2, -0.15) is 0 Å². The van der Waals surface area contributed by atoms with Crippen molar-refractivity contribution in [3.8, 4) is 0 Å². The number of carbonyl (C=O) groups is 1. The lowest BCUT2D eigenvalue weighted by Gasteiger charge is -2.39. The number of hydrogen-bond donors (Lipinski definition) is 0. The Balaban J connectivity index is 1.63. The fourth-order valence-electron chi connectivity index (χ4n) is 2.37. The van der Waals surface area contributed by atoms with Gasteiger partial charge in [-0.1, -0.05) is 0 Å². The maximum atomic E-state index is 12.5. The third-order valence-electron chi connectivity index (χ3n) is 3.31. The van der Waals surface area contributed by atoms with Crippen molar-refractivity contribution in [1.29, 1.82) is 0 Å². The van der Waals surface area contributed by atoms with E-state index in [1.807, 2.05) is 0 Å². The van der Waals surface area contributed by atoms with E-state index in [4.69, 9.17) is 0 Å². The third kappa shape index (κ3) is 2.61. The Bertz CT molecular complexity index is 278. The summed E-state index contributed by atoms with van der Waals surface area (Å²) in [5, 5.41) is 10.5. The van der Waals surface area contributed by atoms with Crippen LogP contribution in [0.2, 0.25) is 0 Å². The molecule has 0 aromatic rings. The third-order valence-corrected chi connectivity index (χ3v) is 3.31. The summed E-state index contributed by atoms with van der Waals surface area (Å²) in [5.74, 6) is -2.21. The number of amides is 1. The highest BCUT2D eigenvalue weighted by atomic mass is 19.3. The van der Waals surface area contributed by atoms with Gasteiger partial charge in [0, 0.05) is 13.1 Å². The van der Waals surface area contributed by atoms with Crippen LogP contribution in [0.1, 0.15) is 12.8 Å². The lowest BCUT2D eigenvalue weighted by molar-refractivity contribution is -0.264. The summed E-state index contributed by atoms with van der Waals surface area (Å²) in [5.41, 5.74) is 0. The minimum Gasteiger partial charge on any atom is -0.530 e. The Labute approximate surface area is 92.8 Å². The van der Waals surface area contributed by atoms with Gasteiger partial charge in [-0.05, 0) is 25.3 Å². The van der Waals surface area contributed by atoms with Gasteiger partial charge in [-0.3, -0.25) is 4.90 Å². The minimum atomic E-state index is -2.51. The first-order valence-electron chi connectivity index (χ1n) is 5.52. The maximum absolute atomic E-state index is 12.5. The van der Waals surface area contributed by atoms with E-state index in [1.165, 1.54) is 4.90 Å². The van der Waals surface area contributed by atoms with Crippen LogP contribution in [0.4, 0.5) is 13.6 Å². The molecule has 0 aromatic heterocycles. The lowest BCUT2D eigenvalue weighted by atomic mass is 10.0. The van der Waals surface area contributed by atoms with Crippen molar-refractivity contribution in [1.82, 2.24) is 9.80 Å². The summed E-state index contributed by atoms with van der Waals surface area (Å²) in [7, 11) is 0. The molecule has 0 spiro atoms. The molecule has 92 valence electrons. The van der Waals surface area contributed by atoms with Crippen LogP contribution in [0.5, 0.6) is 0 Å². The monoisotopic (exact) mass is 233 g/mol. The molecule has 2 heterocycles. The van der Waals surface area contributed by atoms with E-state index in [2.05, 4.69) is 0 Å². The van der Waals surface area contributed by atoms with E-state index in [0.29, 0.717) is 25.6 Å². The molecule has 2 fully saturated rings. The predicted molar refractivity (Wildman–Crippen MR) is 51.1 cm³/mol. The van der Waals surface area contributed by atoms with Crippen molar-refractivity contribution >= 4 is 6.09 Å². The molecule has 1 unspecified atom stereocenters. The second-order valence-corrected chi connectivity index (χ2v) is 4.72. The molecule has 0 radical (unpaired) electrons. The lowest BCUT2D eigenvalue weighted by Crippen LogP contribution is -2.56. The molecule has 6 heteroatoms. The van der Waals surface area contributed by atoms with Gasteiger partial charge in [0.15, 0.2) is 0 Å². The zero-order valence-electron chi connectivity index (χ0n) is 8.99. The van der Waals surface area contributed by atoms with Crippen LogP contribution < -0.4 is 5.11 Å². The van der Waals surface area contributed by atoms with Crippen LogP contribution >= 0.6 is 0 Å². The highest BCUT2D eigenvalue weighted by molar-refractivity contribution is 5.62. The summed E-state index contributed by atoms with van der Waals surface area (Å²) in [6.45, 7) is 1.35. The number of halogens is 2. The molecule has 0 saturated carbocycles. The van der Waals surface area contributed by atoms with Crippen molar-refractivity contribution in [2.45, 2.75) is 18.8 Å². The number of hydrogen-bond acceptors (Lipinski definition) is 3. The quantitative estimate of drug-likeness (QED) is 0.689. The van der Waals surface area contributed by atoms with Crippen LogP contribution in [0.3, 0.4) is 0 Å². The van der Waals surface area contributed by atoms with Crippen molar-refractivity contribution < 1.29 is 18.7 Å². The number of carbonyl (C=O) groups excluding carboxylic acids is 1. The Morgan fingerprint density at radius 3 is 2.62 bits per heavy atom. The van der Waals surface area contributed by atoms with Crippen LogP contribution in [-0.4, -0.2) is 54.5 Å². The summed E-state index contributed by atoms with van der Waals surface area (Å²) >= 11 is 0. The first-order chi connectivity index (χ1) is 7.46. The Morgan fingerprint density at radius 1 is 1.44 bits per heavy atom. The number of rotatable bonds is 3. The molecule has 2 aliphatic heterocycles. The predicted octanol–water partition coefficient (Wildman–Crippen LogP) is -0.00740. The van der Waals surface area contributed by atoms with Crippen molar-refractivity contribution in [2.75, 3.05) is 32.7 Å². The molecule has 4 nitrogen and oxygen atoms in total. The molecule has 0 aromatic carbocycles. The van der Waals surface area contributed by atoms with Gasteiger partial charge in [0.2, 0.25) is 0 Å². The Morgan fingerprint density at radius 2 is 2.12 bits per heavy atom. The standard InChI is InChI=1S/C10H16F2N2O2/c11-10(12)6-13(7-10)3-1-8-2-4-14(5-8)9(15)16/h8H,1-7H2,(H,15,16)/p-1. The summed E-state index contributed by atoms with van der Waals surface area (Å²) in [4.78, 5) is 13.5. The molecule has 2 aliphatic rings. The van der Waals surface area contributed by atoms with Crippen molar-refractivity contribution in [3.05, 3.63) is 0 Å². The maximum Gasteiger partial charge on any atom is 0.272 e. The van der Waals surface area contributed by atoms with E-state index in [0.717, 1.165) is 12.8 Å². The first-order valence-corrected chi connectivity index (χ1v) is 5.52. The number of nitrogens with zero attached hydrogens (tertiary/aromatic N) is 2. The average molecular weight is 233 g/mol. The zero-order valence-corrected chi connectivity index (χ0v) is 8.99. The van der Waals surface area contributed by atoms with Crippen molar-refractivity contribution in [2.24, 2.45) is 5.92 Å². The molecular formula is C10H15F2N2O2-. The van der Waals surface area contributed by atoms with Crippen LogP contribution in [-0.2, 0) is 0 Å².